The Morgan fingerprint density at radius 1 is 1.03 bits per heavy atom. The van der Waals surface area contributed by atoms with Crippen LogP contribution in [0.15, 0.2) is 35.3 Å². The number of rotatable bonds is 8. The topological polar surface area (TPSA) is 43.3 Å². The molecule has 1 unspecified atom stereocenters. The number of benzene rings is 1. The molecule has 4 rings (SSSR count). The summed E-state index contributed by atoms with van der Waals surface area (Å²) in [5.41, 5.74) is 1.81. The van der Waals surface area contributed by atoms with Crippen LogP contribution in [-0.4, -0.2) is 92.8 Å². The minimum atomic E-state index is 0. The lowest BCUT2D eigenvalue weighted by Crippen LogP contribution is -2.46. The monoisotopic (exact) mass is 555 g/mol. The number of halogens is 1. The first-order valence-electron chi connectivity index (χ1n) is 12.4. The lowest BCUT2D eigenvalue weighted by molar-refractivity contribution is 0.126. The molecule has 3 aliphatic rings. The predicted octanol–water partition coefficient (Wildman–Crippen LogP) is 3.28. The third kappa shape index (κ3) is 7.30. The zero-order valence-electron chi connectivity index (χ0n) is 19.8. The molecule has 7 heteroatoms. The summed E-state index contributed by atoms with van der Waals surface area (Å²) in [5.74, 6) is 1.11. The average molecular weight is 556 g/mol. The van der Waals surface area contributed by atoms with Crippen molar-refractivity contribution >= 4 is 29.9 Å². The molecule has 3 heterocycles. The van der Waals surface area contributed by atoms with Crippen LogP contribution >= 0.6 is 24.0 Å². The Bertz CT molecular complexity index is 687. The van der Waals surface area contributed by atoms with Crippen molar-refractivity contribution in [2.24, 2.45) is 10.4 Å². The van der Waals surface area contributed by atoms with Gasteiger partial charge >= 0.3 is 0 Å². The largest absolute Gasteiger partial charge is 0.381 e. The summed E-state index contributed by atoms with van der Waals surface area (Å²) in [4.78, 5) is 12.6. The second-order valence-electron chi connectivity index (χ2n) is 9.52. The maximum atomic E-state index is 5.68. The second-order valence-corrected chi connectivity index (χ2v) is 9.52. The third-order valence-corrected chi connectivity index (χ3v) is 7.12. The lowest BCUT2D eigenvalue weighted by atomic mass is 9.87. The summed E-state index contributed by atoms with van der Waals surface area (Å²) in [6.45, 7) is 15.1. The summed E-state index contributed by atoms with van der Waals surface area (Å²) in [5, 5.41) is 3.52. The van der Waals surface area contributed by atoms with Gasteiger partial charge in [-0.05, 0) is 44.7 Å². The smallest absolute Gasteiger partial charge is 0.193 e. The van der Waals surface area contributed by atoms with E-state index < -0.39 is 0 Å². The van der Waals surface area contributed by atoms with Crippen LogP contribution in [0.3, 0.4) is 0 Å². The third-order valence-electron chi connectivity index (χ3n) is 7.12. The minimum Gasteiger partial charge on any atom is -0.381 e. The number of likely N-dealkylation sites (tertiary alicyclic amines) is 1. The fourth-order valence-corrected chi connectivity index (χ4v) is 5.16. The average Bonchev–Trinajstić information content (AvgIpc) is 3.44. The molecule has 3 saturated heterocycles. The molecule has 0 aromatic heterocycles. The predicted molar refractivity (Wildman–Crippen MR) is 143 cm³/mol. The number of hydrogen-bond donors (Lipinski definition) is 1. The summed E-state index contributed by atoms with van der Waals surface area (Å²) in [7, 11) is 0. The van der Waals surface area contributed by atoms with E-state index in [1.165, 1.54) is 64.0 Å². The van der Waals surface area contributed by atoms with Gasteiger partial charge in [-0.1, -0.05) is 30.3 Å². The van der Waals surface area contributed by atoms with E-state index in [1.807, 2.05) is 0 Å². The van der Waals surface area contributed by atoms with Crippen molar-refractivity contribution in [1.29, 1.82) is 0 Å². The van der Waals surface area contributed by atoms with Gasteiger partial charge in [0.25, 0.3) is 0 Å². The van der Waals surface area contributed by atoms with Crippen LogP contribution in [-0.2, 0) is 11.3 Å². The number of nitrogens with zero attached hydrogens (tertiary/aromatic N) is 4. The molecule has 0 saturated carbocycles. The standard InChI is InChI=1S/C25H41N5O.HI/c1-2-26-24(30-14-10-25(21-30)11-19-31-22-25)27-12-6-7-13-28-15-17-29(18-16-28)20-23-8-4-3-5-9-23;/h3-5,8-9H,2,6-7,10-22H2,1H3,(H,26,27);1H. The quantitative estimate of drug-likeness (QED) is 0.231. The number of piperazine rings is 1. The molecule has 1 N–H and O–H groups in total. The fraction of sp³-hybridized carbons (Fsp3) is 0.720. The summed E-state index contributed by atoms with van der Waals surface area (Å²) in [6.07, 6.45) is 4.86. The van der Waals surface area contributed by atoms with Gasteiger partial charge in [0, 0.05) is 70.9 Å². The summed E-state index contributed by atoms with van der Waals surface area (Å²) < 4.78 is 5.68. The van der Waals surface area contributed by atoms with Crippen molar-refractivity contribution in [3.05, 3.63) is 35.9 Å². The van der Waals surface area contributed by atoms with Crippen LogP contribution in [0.4, 0.5) is 0 Å². The van der Waals surface area contributed by atoms with Gasteiger partial charge in [-0.2, -0.15) is 0 Å². The fourth-order valence-electron chi connectivity index (χ4n) is 5.16. The molecule has 180 valence electrons. The Kier molecular flexibility index (Phi) is 10.5. The van der Waals surface area contributed by atoms with Crippen LogP contribution in [0, 0.1) is 5.41 Å². The van der Waals surface area contributed by atoms with Crippen LogP contribution in [0.1, 0.15) is 38.2 Å². The molecule has 3 aliphatic heterocycles. The molecule has 1 aromatic carbocycles. The van der Waals surface area contributed by atoms with Gasteiger partial charge in [-0.3, -0.25) is 9.89 Å². The molecule has 1 aromatic rings. The molecule has 1 spiro atoms. The van der Waals surface area contributed by atoms with Crippen LogP contribution in [0.5, 0.6) is 0 Å². The number of unbranched alkanes of at least 4 members (excludes halogenated alkanes) is 1. The number of hydrogen-bond acceptors (Lipinski definition) is 4. The van der Waals surface area contributed by atoms with Crippen molar-refractivity contribution in [3.8, 4) is 0 Å². The highest BCUT2D eigenvalue weighted by Crippen LogP contribution is 2.38. The van der Waals surface area contributed by atoms with E-state index in [0.717, 1.165) is 51.9 Å². The Labute approximate surface area is 211 Å². The first kappa shape index (κ1) is 25.7. The Morgan fingerprint density at radius 2 is 1.81 bits per heavy atom. The van der Waals surface area contributed by atoms with Gasteiger partial charge < -0.3 is 19.9 Å². The number of guanidine groups is 1. The van der Waals surface area contributed by atoms with Crippen LogP contribution < -0.4 is 5.32 Å². The highest BCUT2D eigenvalue weighted by atomic mass is 127. The normalized spacial score (nSPS) is 24.8. The Balaban J connectivity index is 0.00000289. The van der Waals surface area contributed by atoms with E-state index in [-0.39, 0.29) is 24.0 Å². The molecule has 1 atom stereocenters. The van der Waals surface area contributed by atoms with Crippen LogP contribution in [0.25, 0.3) is 0 Å². The molecular formula is C25H42IN5O. The SMILES string of the molecule is CCNC(=NCCCCN1CCN(Cc2ccccc2)CC1)N1CCC2(CCOC2)C1.I. The molecular weight excluding hydrogens is 513 g/mol. The molecule has 0 aliphatic carbocycles. The van der Waals surface area contributed by atoms with Gasteiger partial charge in [0.1, 0.15) is 0 Å². The molecule has 32 heavy (non-hydrogen) atoms. The molecule has 0 bridgehead atoms. The van der Waals surface area contributed by atoms with Crippen molar-refractivity contribution in [3.63, 3.8) is 0 Å². The first-order chi connectivity index (χ1) is 15.3. The maximum Gasteiger partial charge on any atom is 0.193 e. The lowest BCUT2D eigenvalue weighted by Gasteiger charge is -2.34. The van der Waals surface area contributed by atoms with Gasteiger partial charge in [-0.25, -0.2) is 0 Å². The zero-order chi connectivity index (χ0) is 21.4. The zero-order valence-corrected chi connectivity index (χ0v) is 22.1. The van der Waals surface area contributed by atoms with E-state index >= 15 is 0 Å². The Morgan fingerprint density at radius 3 is 2.53 bits per heavy atom. The van der Waals surface area contributed by atoms with Gasteiger partial charge in [0.05, 0.1) is 6.61 Å². The van der Waals surface area contributed by atoms with E-state index in [4.69, 9.17) is 9.73 Å². The van der Waals surface area contributed by atoms with E-state index in [0.29, 0.717) is 5.41 Å². The molecule has 6 nitrogen and oxygen atoms in total. The number of nitrogens with one attached hydrogen (secondary N) is 1. The van der Waals surface area contributed by atoms with Gasteiger partial charge in [0.15, 0.2) is 5.96 Å². The number of ether oxygens (including phenoxy) is 1. The first-order valence-corrected chi connectivity index (χ1v) is 12.4. The Hall–Kier alpha value is -0.900. The molecule has 0 amide bonds. The minimum absolute atomic E-state index is 0. The van der Waals surface area contributed by atoms with Gasteiger partial charge in [-0.15, -0.1) is 24.0 Å². The van der Waals surface area contributed by atoms with Gasteiger partial charge in [0.2, 0.25) is 0 Å². The van der Waals surface area contributed by atoms with Crippen molar-refractivity contribution < 1.29 is 4.74 Å². The van der Waals surface area contributed by atoms with Crippen molar-refractivity contribution in [2.75, 3.05) is 72.1 Å². The summed E-state index contributed by atoms with van der Waals surface area (Å²) in [6, 6.07) is 10.8. The van der Waals surface area contributed by atoms with Crippen LogP contribution in [0.2, 0.25) is 0 Å². The van der Waals surface area contributed by atoms with Crippen molar-refractivity contribution in [1.82, 2.24) is 20.0 Å². The number of aliphatic imine (C=N–C) groups is 1. The maximum absolute atomic E-state index is 5.68. The summed E-state index contributed by atoms with van der Waals surface area (Å²) >= 11 is 0. The van der Waals surface area contributed by atoms with E-state index in [9.17, 15) is 0 Å². The second kappa shape index (κ2) is 13.1. The van der Waals surface area contributed by atoms with Crippen molar-refractivity contribution in [2.45, 2.75) is 39.2 Å². The highest BCUT2D eigenvalue weighted by Gasteiger charge is 2.42. The van der Waals surface area contributed by atoms with E-state index in [2.05, 4.69) is 57.3 Å². The highest BCUT2D eigenvalue weighted by molar-refractivity contribution is 14.0. The molecule has 3 fully saturated rings. The molecule has 0 radical (unpaired) electrons. The van der Waals surface area contributed by atoms with E-state index in [1.54, 1.807) is 0 Å².